The van der Waals surface area contributed by atoms with E-state index < -0.39 is 0 Å². The molecule has 1 aromatic rings. The van der Waals surface area contributed by atoms with Crippen LogP contribution in [0.4, 0.5) is 0 Å². The van der Waals surface area contributed by atoms with Crippen LogP contribution in [0.15, 0.2) is 30.3 Å². The fourth-order valence-corrected chi connectivity index (χ4v) is 7.83. The smallest absolute Gasteiger partial charge is 0.133 e. The fourth-order valence-electron chi connectivity index (χ4n) is 5.45. The van der Waals surface area contributed by atoms with Gasteiger partial charge in [0.05, 0.1) is 6.10 Å². The molecule has 1 fully saturated rings. The van der Waals surface area contributed by atoms with E-state index in [9.17, 15) is 0 Å². The minimum Gasteiger partial charge on any atom is -0.378 e. The molecule has 0 aliphatic carbocycles. The lowest BCUT2D eigenvalue weighted by Crippen LogP contribution is -2.18. The van der Waals surface area contributed by atoms with Crippen molar-refractivity contribution in [2.45, 2.75) is 154 Å². The zero-order valence-electron chi connectivity index (χ0n) is 23.5. The summed E-state index contributed by atoms with van der Waals surface area (Å²) in [6, 6.07) is 11.2. The van der Waals surface area contributed by atoms with E-state index in [-0.39, 0.29) is 0 Å². The van der Waals surface area contributed by atoms with Crippen molar-refractivity contribution in [3.8, 4) is 0 Å². The maximum Gasteiger partial charge on any atom is 0.133 e. The maximum absolute atomic E-state index is 5.85. The van der Waals surface area contributed by atoms with Crippen LogP contribution < -0.4 is 0 Å². The van der Waals surface area contributed by atoms with Gasteiger partial charge in [0.15, 0.2) is 0 Å². The van der Waals surface area contributed by atoms with Crippen LogP contribution in [-0.2, 0) is 21.4 Å². The van der Waals surface area contributed by atoms with Crippen molar-refractivity contribution < 1.29 is 4.74 Å². The van der Waals surface area contributed by atoms with Gasteiger partial charge in [-0.2, -0.15) is 0 Å². The molecule has 1 nitrogen and oxygen atoms in total. The molecule has 0 amide bonds. The molecule has 0 aromatic heterocycles. The average Bonchev–Trinajstić information content (AvgIpc) is 2.90. The highest BCUT2D eigenvalue weighted by Gasteiger charge is 2.18. The highest BCUT2D eigenvalue weighted by Crippen LogP contribution is 2.20. The monoisotopic (exact) mass is 503 g/mol. The third-order valence-electron chi connectivity index (χ3n) is 7.73. The first-order valence-corrected chi connectivity index (χ1v) is 17.4. The van der Waals surface area contributed by atoms with E-state index in [0.29, 0.717) is 17.0 Å². The lowest BCUT2D eigenvalue weighted by molar-refractivity contribution is 0.00977. The van der Waals surface area contributed by atoms with Crippen molar-refractivity contribution in [2.24, 2.45) is 0 Å². The number of benzene rings is 1. The third kappa shape index (κ3) is 17.6. The van der Waals surface area contributed by atoms with Gasteiger partial charge >= 0.3 is 0 Å². The Hall–Kier alpha value is -0.470. The molecule has 1 heterocycles. The Morgan fingerprint density at radius 1 is 0.657 bits per heavy atom. The summed E-state index contributed by atoms with van der Waals surface area (Å²) in [4.78, 5) is 0. The Morgan fingerprint density at radius 3 is 1.74 bits per heavy atom. The molecule has 1 aliphatic rings. The molecule has 1 saturated heterocycles. The zero-order chi connectivity index (χ0) is 24.7. The SMILES string of the molecule is CCCCCC[S+](CCCCCCCCCCCCCCCC1CCCCO1)Cc1ccccc1. The van der Waals surface area contributed by atoms with Crippen LogP contribution in [0.3, 0.4) is 0 Å². The van der Waals surface area contributed by atoms with Gasteiger partial charge in [-0.15, -0.1) is 0 Å². The Labute approximate surface area is 222 Å². The Kier molecular flexibility index (Phi) is 20.0. The maximum atomic E-state index is 5.85. The summed E-state index contributed by atoms with van der Waals surface area (Å²) < 4.78 is 5.85. The number of hydrogen-bond donors (Lipinski definition) is 0. The van der Waals surface area contributed by atoms with Crippen LogP contribution in [-0.4, -0.2) is 24.2 Å². The van der Waals surface area contributed by atoms with Gasteiger partial charge in [-0.1, -0.05) is 121 Å². The predicted octanol–water partition coefficient (Wildman–Crippen LogP) is 10.4. The molecule has 202 valence electrons. The van der Waals surface area contributed by atoms with Crippen molar-refractivity contribution in [3.05, 3.63) is 35.9 Å². The van der Waals surface area contributed by atoms with E-state index in [1.54, 1.807) is 5.56 Å². The second-order valence-electron chi connectivity index (χ2n) is 11.1. The van der Waals surface area contributed by atoms with E-state index in [4.69, 9.17) is 4.74 Å². The highest BCUT2D eigenvalue weighted by molar-refractivity contribution is 7.96. The summed E-state index contributed by atoms with van der Waals surface area (Å²) in [5.74, 6) is 4.25. The summed E-state index contributed by atoms with van der Waals surface area (Å²) in [5, 5.41) is 0. The first kappa shape index (κ1) is 30.8. The largest absolute Gasteiger partial charge is 0.378 e. The van der Waals surface area contributed by atoms with Crippen molar-refractivity contribution in [1.82, 2.24) is 0 Å². The van der Waals surface area contributed by atoms with Crippen LogP contribution in [0.1, 0.15) is 147 Å². The molecule has 2 unspecified atom stereocenters. The fraction of sp³-hybridized carbons (Fsp3) is 0.818. The quantitative estimate of drug-likeness (QED) is 0.107. The van der Waals surface area contributed by atoms with Crippen molar-refractivity contribution >= 4 is 10.9 Å². The molecule has 0 radical (unpaired) electrons. The molecule has 2 rings (SSSR count). The van der Waals surface area contributed by atoms with Gasteiger partial charge < -0.3 is 4.74 Å². The Morgan fingerprint density at radius 2 is 1.20 bits per heavy atom. The summed E-state index contributed by atoms with van der Waals surface area (Å²) in [6.07, 6.45) is 30.4. The minimum atomic E-state index is 0.593. The Bertz CT molecular complexity index is 553. The normalized spacial score (nSPS) is 17.0. The van der Waals surface area contributed by atoms with Gasteiger partial charge in [-0.25, -0.2) is 0 Å². The van der Waals surface area contributed by atoms with E-state index in [2.05, 4.69) is 37.3 Å². The standard InChI is InChI=1S/C33H59OS/c1-2-3-4-22-29-35(31-32-24-17-16-18-25-32)30-23-15-13-11-9-7-5-6-8-10-12-14-19-26-33-27-20-21-28-34-33/h16-18,24-25,33H,2-15,19-23,26-31H2,1H3/q+1. The van der Waals surface area contributed by atoms with E-state index >= 15 is 0 Å². The second-order valence-corrected chi connectivity index (χ2v) is 13.4. The van der Waals surface area contributed by atoms with Gasteiger partial charge in [-0.3, -0.25) is 0 Å². The number of unbranched alkanes of at least 4 members (excludes halogenated alkanes) is 15. The summed E-state index contributed by atoms with van der Waals surface area (Å²) in [5.41, 5.74) is 1.56. The van der Waals surface area contributed by atoms with Gasteiger partial charge in [0.1, 0.15) is 17.3 Å². The van der Waals surface area contributed by atoms with Crippen LogP contribution in [0.25, 0.3) is 0 Å². The molecule has 2 atom stereocenters. The molecular weight excluding hydrogens is 444 g/mol. The molecular formula is C33H59OS+. The molecule has 0 bridgehead atoms. The molecule has 0 spiro atoms. The third-order valence-corrected chi connectivity index (χ3v) is 10.2. The van der Waals surface area contributed by atoms with E-state index in [1.165, 1.54) is 152 Å². The van der Waals surface area contributed by atoms with Crippen molar-refractivity contribution in [3.63, 3.8) is 0 Å². The van der Waals surface area contributed by atoms with Crippen molar-refractivity contribution in [2.75, 3.05) is 18.1 Å². The molecule has 1 aliphatic heterocycles. The van der Waals surface area contributed by atoms with Gasteiger partial charge in [0.25, 0.3) is 0 Å². The number of hydrogen-bond acceptors (Lipinski definition) is 1. The van der Waals surface area contributed by atoms with Gasteiger partial charge in [0, 0.05) is 12.2 Å². The molecule has 0 N–H and O–H groups in total. The van der Waals surface area contributed by atoms with Crippen molar-refractivity contribution in [1.29, 1.82) is 0 Å². The van der Waals surface area contributed by atoms with Gasteiger partial charge in [-0.05, 0) is 62.3 Å². The molecule has 1 aromatic carbocycles. The van der Waals surface area contributed by atoms with E-state index in [1.807, 2.05) is 0 Å². The number of rotatable bonds is 23. The van der Waals surface area contributed by atoms with Crippen LogP contribution in [0.5, 0.6) is 0 Å². The predicted molar refractivity (Wildman–Crippen MR) is 160 cm³/mol. The Balaban J connectivity index is 1.36. The van der Waals surface area contributed by atoms with E-state index in [0.717, 1.165) is 6.61 Å². The van der Waals surface area contributed by atoms with Crippen LogP contribution >= 0.6 is 0 Å². The minimum absolute atomic E-state index is 0.593. The van der Waals surface area contributed by atoms with Crippen LogP contribution in [0, 0.1) is 0 Å². The topological polar surface area (TPSA) is 9.23 Å². The first-order valence-electron chi connectivity index (χ1n) is 15.7. The number of ether oxygens (including phenoxy) is 1. The summed E-state index contributed by atoms with van der Waals surface area (Å²) >= 11 is 0. The molecule has 35 heavy (non-hydrogen) atoms. The molecule has 2 heteroatoms. The van der Waals surface area contributed by atoms with Gasteiger partial charge in [0.2, 0.25) is 0 Å². The lowest BCUT2D eigenvalue weighted by Gasteiger charge is -2.22. The summed E-state index contributed by atoms with van der Waals surface area (Å²) in [6.45, 7) is 3.33. The first-order chi connectivity index (χ1) is 17.4. The average molecular weight is 504 g/mol. The molecule has 0 saturated carbocycles. The zero-order valence-corrected chi connectivity index (χ0v) is 24.3. The highest BCUT2D eigenvalue weighted by atomic mass is 32.2. The van der Waals surface area contributed by atoms with Crippen LogP contribution in [0.2, 0.25) is 0 Å². The lowest BCUT2D eigenvalue weighted by atomic mass is 10.0. The second kappa shape index (κ2) is 22.7. The summed E-state index contributed by atoms with van der Waals surface area (Å²) in [7, 11) is 0.597.